The molecule has 2 aromatic rings. The molecule has 5 N–H and O–H groups in total. The number of nitrogens with zero attached hydrogens (tertiary/aromatic N) is 3. The van der Waals surface area contributed by atoms with E-state index >= 15 is 0 Å². The molecule has 0 radical (unpaired) electrons. The standard InChI is InChI=1S/C11H19N7O/c1-7(2)6-19-4-3-13-9-8-5-14-18-10(8)16-11(15-9)17-12/h5,7H,3-4,6,12H2,1-2H3,(H3,13,14,15,16,17,18). The van der Waals surface area contributed by atoms with Crippen LogP contribution >= 0.6 is 0 Å². The lowest BCUT2D eigenvalue weighted by atomic mass is 10.2. The summed E-state index contributed by atoms with van der Waals surface area (Å²) < 4.78 is 5.50. The zero-order valence-electron chi connectivity index (χ0n) is 11.1. The van der Waals surface area contributed by atoms with Crippen LogP contribution in [-0.2, 0) is 4.74 Å². The van der Waals surface area contributed by atoms with Gasteiger partial charge >= 0.3 is 0 Å². The highest BCUT2D eigenvalue weighted by Gasteiger charge is 2.08. The number of hydrogen-bond donors (Lipinski definition) is 4. The van der Waals surface area contributed by atoms with Crippen LogP contribution in [0.5, 0.6) is 0 Å². The fourth-order valence-electron chi connectivity index (χ4n) is 1.59. The number of rotatable bonds is 7. The first-order chi connectivity index (χ1) is 9.20. The van der Waals surface area contributed by atoms with E-state index in [-0.39, 0.29) is 0 Å². The number of aromatic amines is 1. The van der Waals surface area contributed by atoms with Gasteiger partial charge in [-0.15, -0.1) is 0 Å². The maximum Gasteiger partial charge on any atom is 0.241 e. The summed E-state index contributed by atoms with van der Waals surface area (Å²) in [6.07, 6.45) is 1.67. The summed E-state index contributed by atoms with van der Waals surface area (Å²) in [6, 6.07) is 0. The molecule has 2 rings (SSSR count). The number of H-pyrrole nitrogens is 1. The maximum atomic E-state index is 5.50. The molecule has 0 aromatic carbocycles. The SMILES string of the molecule is CC(C)COCCNc1nc(NN)nc2[nH]ncc12. The highest BCUT2D eigenvalue weighted by Crippen LogP contribution is 2.19. The molecule has 0 aliphatic rings. The van der Waals surface area contributed by atoms with Gasteiger partial charge in [0, 0.05) is 13.2 Å². The lowest BCUT2D eigenvalue weighted by Crippen LogP contribution is -2.15. The van der Waals surface area contributed by atoms with Crippen molar-refractivity contribution in [2.45, 2.75) is 13.8 Å². The van der Waals surface area contributed by atoms with Crippen LogP contribution in [0.2, 0.25) is 0 Å². The average molecular weight is 265 g/mol. The van der Waals surface area contributed by atoms with Gasteiger partial charge in [-0.1, -0.05) is 13.8 Å². The zero-order chi connectivity index (χ0) is 13.7. The summed E-state index contributed by atoms with van der Waals surface area (Å²) in [5.74, 6) is 6.88. The van der Waals surface area contributed by atoms with E-state index in [2.05, 4.69) is 44.8 Å². The van der Waals surface area contributed by atoms with E-state index in [0.717, 1.165) is 12.0 Å². The summed E-state index contributed by atoms with van der Waals surface area (Å²) in [6.45, 7) is 6.27. The molecule has 0 saturated carbocycles. The predicted molar refractivity (Wildman–Crippen MR) is 73.6 cm³/mol. The number of aromatic nitrogens is 4. The number of anilines is 2. The van der Waals surface area contributed by atoms with Crippen LogP contribution in [0.3, 0.4) is 0 Å². The molecule has 0 aliphatic heterocycles. The lowest BCUT2D eigenvalue weighted by Gasteiger charge is -2.09. The van der Waals surface area contributed by atoms with Gasteiger partial charge in [0.05, 0.1) is 18.2 Å². The number of ether oxygens (including phenoxy) is 1. The molecule has 0 spiro atoms. The highest BCUT2D eigenvalue weighted by atomic mass is 16.5. The van der Waals surface area contributed by atoms with Crippen molar-refractivity contribution in [3.63, 3.8) is 0 Å². The van der Waals surface area contributed by atoms with E-state index < -0.39 is 0 Å². The van der Waals surface area contributed by atoms with Gasteiger partial charge in [0.15, 0.2) is 5.65 Å². The molecule has 2 aromatic heterocycles. The van der Waals surface area contributed by atoms with Crippen LogP contribution in [0, 0.1) is 5.92 Å². The quantitative estimate of drug-likeness (QED) is 0.331. The third-order valence-corrected chi connectivity index (χ3v) is 2.43. The molecule has 104 valence electrons. The Morgan fingerprint density at radius 3 is 3.00 bits per heavy atom. The third kappa shape index (κ3) is 3.52. The molecule has 0 fully saturated rings. The Bertz CT molecular complexity index is 525. The minimum absolute atomic E-state index is 0.336. The highest BCUT2D eigenvalue weighted by molar-refractivity contribution is 5.86. The molecule has 8 heteroatoms. The Labute approximate surface area is 111 Å². The van der Waals surface area contributed by atoms with Gasteiger partial charge in [0.1, 0.15) is 5.82 Å². The normalized spacial score (nSPS) is 11.2. The molecule has 8 nitrogen and oxygen atoms in total. The van der Waals surface area contributed by atoms with Crippen molar-refractivity contribution < 1.29 is 4.74 Å². The Balaban J connectivity index is 1.97. The summed E-state index contributed by atoms with van der Waals surface area (Å²) in [5, 5.41) is 10.7. The first kappa shape index (κ1) is 13.5. The van der Waals surface area contributed by atoms with Crippen molar-refractivity contribution in [2.75, 3.05) is 30.5 Å². The molecule has 0 amide bonds. The van der Waals surface area contributed by atoms with Crippen molar-refractivity contribution >= 4 is 22.8 Å². The first-order valence-electron chi connectivity index (χ1n) is 6.20. The second-order valence-electron chi connectivity index (χ2n) is 4.57. The van der Waals surface area contributed by atoms with Gasteiger partial charge in [-0.25, -0.2) is 5.84 Å². The Morgan fingerprint density at radius 2 is 2.26 bits per heavy atom. The third-order valence-electron chi connectivity index (χ3n) is 2.43. The summed E-state index contributed by atoms with van der Waals surface area (Å²) in [4.78, 5) is 8.40. The topological polar surface area (TPSA) is 114 Å². The molecular weight excluding hydrogens is 246 g/mol. The molecule has 0 bridgehead atoms. The molecular formula is C11H19N7O. The largest absolute Gasteiger partial charge is 0.379 e. The smallest absolute Gasteiger partial charge is 0.241 e. The number of nitrogen functional groups attached to an aromatic ring is 1. The molecule has 19 heavy (non-hydrogen) atoms. The van der Waals surface area contributed by atoms with Crippen LogP contribution in [0.4, 0.5) is 11.8 Å². The minimum Gasteiger partial charge on any atom is -0.379 e. The number of nitrogens with two attached hydrogens (primary N) is 1. The van der Waals surface area contributed by atoms with Crippen LogP contribution in [0.15, 0.2) is 6.20 Å². The van der Waals surface area contributed by atoms with Crippen molar-refractivity contribution in [1.82, 2.24) is 20.2 Å². The van der Waals surface area contributed by atoms with Gasteiger partial charge in [0.25, 0.3) is 0 Å². The number of nitrogens with one attached hydrogen (secondary N) is 3. The van der Waals surface area contributed by atoms with E-state index in [4.69, 9.17) is 10.6 Å². The van der Waals surface area contributed by atoms with Crippen molar-refractivity contribution in [1.29, 1.82) is 0 Å². The van der Waals surface area contributed by atoms with Crippen LogP contribution in [0.25, 0.3) is 11.0 Å². The van der Waals surface area contributed by atoms with E-state index in [1.807, 2.05) is 0 Å². The summed E-state index contributed by atoms with van der Waals surface area (Å²) >= 11 is 0. The summed E-state index contributed by atoms with van der Waals surface area (Å²) in [5.41, 5.74) is 3.06. The molecule has 2 heterocycles. The van der Waals surface area contributed by atoms with Gasteiger partial charge in [-0.3, -0.25) is 10.5 Å². The van der Waals surface area contributed by atoms with Crippen molar-refractivity contribution in [3.05, 3.63) is 6.20 Å². The number of fused-ring (bicyclic) bond motifs is 1. The van der Waals surface area contributed by atoms with E-state index in [9.17, 15) is 0 Å². The maximum absolute atomic E-state index is 5.50. The zero-order valence-corrected chi connectivity index (χ0v) is 11.1. The van der Waals surface area contributed by atoms with Gasteiger partial charge < -0.3 is 10.1 Å². The van der Waals surface area contributed by atoms with Crippen molar-refractivity contribution in [2.24, 2.45) is 11.8 Å². The van der Waals surface area contributed by atoms with E-state index in [0.29, 0.717) is 36.5 Å². The molecule has 0 atom stereocenters. The molecule has 0 aliphatic carbocycles. The fourth-order valence-corrected chi connectivity index (χ4v) is 1.59. The van der Waals surface area contributed by atoms with Crippen molar-refractivity contribution in [3.8, 4) is 0 Å². The van der Waals surface area contributed by atoms with Crippen LogP contribution in [-0.4, -0.2) is 39.9 Å². The second kappa shape index (κ2) is 6.30. The fraction of sp³-hybridized carbons (Fsp3) is 0.545. The summed E-state index contributed by atoms with van der Waals surface area (Å²) in [7, 11) is 0. The predicted octanol–water partition coefficient (Wildman–Crippen LogP) is 0.723. The Kier molecular flexibility index (Phi) is 4.48. The number of hydrazine groups is 1. The first-order valence-corrected chi connectivity index (χ1v) is 6.20. The average Bonchev–Trinajstić information content (AvgIpc) is 2.85. The Morgan fingerprint density at radius 1 is 1.42 bits per heavy atom. The second-order valence-corrected chi connectivity index (χ2v) is 4.57. The van der Waals surface area contributed by atoms with E-state index in [1.54, 1.807) is 6.20 Å². The van der Waals surface area contributed by atoms with Crippen LogP contribution in [0.1, 0.15) is 13.8 Å². The lowest BCUT2D eigenvalue weighted by molar-refractivity contribution is 0.118. The van der Waals surface area contributed by atoms with Gasteiger partial charge in [-0.05, 0) is 5.92 Å². The van der Waals surface area contributed by atoms with Crippen LogP contribution < -0.4 is 16.6 Å². The van der Waals surface area contributed by atoms with Gasteiger partial charge in [-0.2, -0.15) is 15.1 Å². The Hall–Kier alpha value is -1.93. The number of hydrogen-bond acceptors (Lipinski definition) is 7. The van der Waals surface area contributed by atoms with E-state index in [1.165, 1.54) is 0 Å². The monoisotopic (exact) mass is 265 g/mol. The molecule has 0 saturated heterocycles. The van der Waals surface area contributed by atoms with Gasteiger partial charge in [0.2, 0.25) is 5.95 Å². The molecule has 0 unspecified atom stereocenters. The minimum atomic E-state index is 0.336.